The predicted octanol–water partition coefficient (Wildman–Crippen LogP) is 3.41. The second-order valence-electron chi connectivity index (χ2n) is 5.60. The van der Waals surface area contributed by atoms with Crippen LogP contribution in [0.1, 0.15) is 44.7 Å². The molecule has 0 aromatic heterocycles. The Morgan fingerprint density at radius 2 is 2.05 bits per heavy atom. The number of carbonyl (C=O) groups excluding carboxylic acids is 1. The lowest BCUT2D eigenvalue weighted by molar-refractivity contribution is -0.133. The first-order valence-corrected chi connectivity index (χ1v) is 8.14. The van der Waals surface area contributed by atoms with Gasteiger partial charge in [0.2, 0.25) is 5.91 Å². The number of hydrogen-bond donors (Lipinski definition) is 2. The van der Waals surface area contributed by atoms with Crippen LogP contribution in [0.4, 0.5) is 0 Å². The maximum absolute atomic E-state index is 12.7. The van der Waals surface area contributed by atoms with E-state index in [4.69, 9.17) is 0 Å². The van der Waals surface area contributed by atoms with Crippen LogP contribution in [0, 0.1) is 5.41 Å². The fourth-order valence-electron chi connectivity index (χ4n) is 2.90. The molecule has 0 bridgehead atoms. The predicted molar refractivity (Wildman–Crippen MR) is 85.5 cm³/mol. The molecule has 0 unspecified atom stereocenters. The lowest BCUT2D eigenvalue weighted by Crippen LogP contribution is -2.47. The zero-order chi connectivity index (χ0) is 14.6. The van der Waals surface area contributed by atoms with Crippen molar-refractivity contribution in [2.45, 2.75) is 39.2 Å². The van der Waals surface area contributed by atoms with Gasteiger partial charge in [0, 0.05) is 4.47 Å². The van der Waals surface area contributed by atoms with Gasteiger partial charge in [-0.2, -0.15) is 0 Å². The molecule has 1 amide bonds. The molecule has 1 heterocycles. The minimum Gasteiger partial charge on any atom is -0.349 e. The summed E-state index contributed by atoms with van der Waals surface area (Å²) >= 11 is 3.55. The first-order valence-electron chi connectivity index (χ1n) is 7.35. The molecule has 2 rings (SSSR count). The number of carbonyl (C=O) groups is 1. The van der Waals surface area contributed by atoms with Gasteiger partial charge in [0.25, 0.3) is 0 Å². The van der Waals surface area contributed by atoms with Crippen molar-refractivity contribution in [1.82, 2.24) is 10.6 Å². The number of rotatable bonds is 4. The fraction of sp³-hybridized carbons (Fsp3) is 0.562. The van der Waals surface area contributed by atoms with Crippen LogP contribution in [0.5, 0.6) is 0 Å². The van der Waals surface area contributed by atoms with E-state index in [1.807, 2.05) is 25.1 Å². The Labute approximate surface area is 129 Å². The lowest BCUT2D eigenvalue weighted by atomic mass is 9.75. The van der Waals surface area contributed by atoms with E-state index >= 15 is 0 Å². The molecule has 2 N–H and O–H groups in total. The molecule has 0 aliphatic carbocycles. The molecular formula is C16H23BrN2O. The van der Waals surface area contributed by atoms with Gasteiger partial charge >= 0.3 is 0 Å². The average molecular weight is 339 g/mol. The van der Waals surface area contributed by atoms with Crippen LogP contribution in [0.3, 0.4) is 0 Å². The van der Waals surface area contributed by atoms with E-state index in [0.29, 0.717) is 0 Å². The van der Waals surface area contributed by atoms with Crippen LogP contribution in [0.2, 0.25) is 0 Å². The average Bonchev–Trinajstić information content (AvgIpc) is 2.48. The Balaban J connectivity index is 2.08. The van der Waals surface area contributed by atoms with E-state index in [0.717, 1.165) is 42.4 Å². The van der Waals surface area contributed by atoms with Gasteiger partial charge in [-0.1, -0.05) is 41.1 Å². The van der Waals surface area contributed by atoms with Gasteiger partial charge in [0.15, 0.2) is 0 Å². The molecule has 20 heavy (non-hydrogen) atoms. The molecule has 1 atom stereocenters. The van der Waals surface area contributed by atoms with E-state index in [1.54, 1.807) is 0 Å². The molecule has 110 valence electrons. The fourth-order valence-corrected chi connectivity index (χ4v) is 3.53. The van der Waals surface area contributed by atoms with E-state index in [9.17, 15) is 4.79 Å². The topological polar surface area (TPSA) is 41.1 Å². The summed E-state index contributed by atoms with van der Waals surface area (Å²) in [6.07, 6.45) is 2.76. The molecule has 0 saturated carbocycles. The number of halogens is 1. The molecule has 1 aliphatic heterocycles. The molecule has 1 aromatic rings. The molecule has 4 heteroatoms. The van der Waals surface area contributed by atoms with Crippen molar-refractivity contribution in [2.24, 2.45) is 5.41 Å². The van der Waals surface area contributed by atoms with Crippen LogP contribution >= 0.6 is 15.9 Å². The van der Waals surface area contributed by atoms with Crippen molar-refractivity contribution in [3.63, 3.8) is 0 Å². The third kappa shape index (κ3) is 3.23. The molecule has 1 saturated heterocycles. The number of piperidine rings is 1. The summed E-state index contributed by atoms with van der Waals surface area (Å²) < 4.78 is 1.05. The van der Waals surface area contributed by atoms with Gasteiger partial charge in [0.05, 0.1) is 11.5 Å². The maximum Gasteiger partial charge on any atom is 0.226 e. The highest BCUT2D eigenvalue weighted by Crippen LogP contribution is 2.34. The summed E-state index contributed by atoms with van der Waals surface area (Å²) in [5.41, 5.74) is 0.932. The minimum atomic E-state index is -0.194. The minimum absolute atomic E-state index is 0.0244. The zero-order valence-corrected chi connectivity index (χ0v) is 13.8. The third-order valence-corrected chi connectivity index (χ3v) is 5.16. The van der Waals surface area contributed by atoms with Gasteiger partial charge < -0.3 is 10.6 Å². The highest BCUT2D eigenvalue weighted by atomic mass is 79.9. The van der Waals surface area contributed by atoms with Gasteiger partial charge in [-0.25, -0.2) is 0 Å². The third-order valence-electron chi connectivity index (χ3n) is 4.44. The Bertz CT molecular complexity index is 469. The highest BCUT2D eigenvalue weighted by Gasteiger charge is 2.38. The molecule has 1 fully saturated rings. The SMILES string of the molecule is CCC1(C(=O)N[C@H](C)c2ccccc2Br)CCNCC1. The molecular weight excluding hydrogens is 316 g/mol. The Hall–Kier alpha value is -0.870. The van der Waals surface area contributed by atoms with Gasteiger partial charge in [-0.3, -0.25) is 4.79 Å². The normalized spacial score (nSPS) is 19.4. The van der Waals surface area contributed by atoms with Crippen LogP contribution in [0.15, 0.2) is 28.7 Å². The summed E-state index contributed by atoms with van der Waals surface area (Å²) in [4.78, 5) is 12.7. The van der Waals surface area contributed by atoms with Crippen LogP contribution in [-0.4, -0.2) is 19.0 Å². The summed E-state index contributed by atoms with van der Waals surface area (Å²) in [5.74, 6) is 0.199. The lowest BCUT2D eigenvalue weighted by Gasteiger charge is -2.36. The second kappa shape index (κ2) is 6.72. The highest BCUT2D eigenvalue weighted by molar-refractivity contribution is 9.10. The van der Waals surface area contributed by atoms with E-state index in [1.165, 1.54) is 0 Å². The maximum atomic E-state index is 12.7. The Morgan fingerprint density at radius 1 is 1.40 bits per heavy atom. The van der Waals surface area contributed by atoms with Crippen molar-refractivity contribution in [1.29, 1.82) is 0 Å². The number of nitrogens with one attached hydrogen (secondary N) is 2. The van der Waals surface area contributed by atoms with Crippen LogP contribution < -0.4 is 10.6 Å². The Kier molecular flexibility index (Phi) is 5.22. The van der Waals surface area contributed by atoms with Crippen molar-refractivity contribution in [3.8, 4) is 0 Å². The monoisotopic (exact) mass is 338 g/mol. The van der Waals surface area contributed by atoms with Crippen molar-refractivity contribution >= 4 is 21.8 Å². The van der Waals surface area contributed by atoms with Crippen molar-refractivity contribution in [3.05, 3.63) is 34.3 Å². The smallest absolute Gasteiger partial charge is 0.226 e. The van der Waals surface area contributed by atoms with Crippen LogP contribution in [0.25, 0.3) is 0 Å². The van der Waals surface area contributed by atoms with Gasteiger partial charge in [-0.15, -0.1) is 0 Å². The first-order chi connectivity index (χ1) is 9.59. The first kappa shape index (κ1) is 15.5. The number of amides is 1. The van der Waals surface area contributed by atoms with Crippen LogP contribution in [-0.2, 0) is 4.79 Å². The summed E-state index contributed by atoms with van der Waals surface area (Å²) in [6.45, 7) is 6.03. The summed E-state index contributed by atoms with van der Waals surface area (Å²) in [5, 5.41) is 6.54. The second-order valence-corrected chi connectivity index (χ2v) is 6.45. The van der Waals surface area contributed by atoms with E-state index < -0.39 is 0 Å². The molecule has 0 spiro atoms. The Morgan fingerprint density at radius 3 is 2.65 bits per heavy atom. The van der Waals surface area contributed by atoms with E-state index in [2.05, 4.69) is 39.6 Å². The quantitative estimate of drug-likeness (QED) is 0.883. The molecule has 1 aromatic carbocycles. The van der Waals surface area contributed by atoms with Gasteiger partial charge in [0.1, 0.15) is 0 Å². The largest absolute Gasteiger partial charge is 0.349 e. The van der Waals surface area contributed by atoms with Crippen molar-refractivity contribution < 1.29 is 4.79 Å². The zero-order valence-electron chi connectivity index (χ0n) is 12.2. The molecule has 1 aliphatic rings. The molecule has 3 nitrogen and oxygen atoms in total. The number of hydrogen-bond acceptors (Lipinski definition) is 2. The standard InChI is InChI=1S/C16H23BrN2O/c1-3-16(8-10-18-11-9-16)15(20)19-12(2)13-6-4-5-7-14(13)17/h4-7,12,18H,3,8-11H2,1-2H3,(H,19,20)/t12-/m1/s1. The van der Waals surface area contributed by atoms with Crippen molar-refractivity contribution in [2.75, 3.05) is 13.1 Å². The van der Waals surface area contributed by atoms with E-state index in [-0.39, 0.29) is 17.4 Å². The van der Waals surface area contributed by atoms with Gasteiger partial charge in [-0.05, 0) is 50.9 Å². The molecule has 0 radical (unpaired) electrons. The number of benzene rings is 1. The summed E-state index contributed by atoms with van der Waals surface area (Å²) in [7, 11) is 0. The summed E-state index contributed by atoms with van der Waals surface area (Å²) in [6, 6.07) is 8.08.